The summed E-state index contributed by atoms with van der Waals surface area (Å²) in [5, 5.41) is 2.98. The third kappa shape index (κ3) is 2.20. The molecule has 16 heavy (non-hydrogen) atoms. The normalized spacial score (nSPS) is 10.1. The second kappa shape index (κ2) is 4.06. The summed E-state index contributed by atoms with van der Waals surface area (Å²) < 4.78 is 0. The maximum absolute atomic E-state index is 11.5. The van der Waals surface area contributed by atoms with E-state index in [1.165, 1.54) is 6.20 Å². The summed E-state index contributed by atoms with van der Waals surface area (Å²) in [7, 11) is 0. The van der Waals surface area contributed by atoms with Crippen molar-refractivity contribution in [3.05, 3.63) is 46.4 Å². The first-order valence-corrected chi connectivity index (χ1v) is 4.83. The topological polar surface area (TPSA) is 83.8 Å². The molecule has 1 heterocycles. The Balaban J connectivity index is 2.31. The van der Waals surface area contributed by atoms with Gasteiger partial charge in [0, 0.05) is 5.69 Å². The van der Waals surface area contributed by atoms with E-state index in [1.807, 2.05) is 31.2 Å². The molecule has 0 aliphatic heterocycles. The number of aryl methyl sites for hydroxylation is 1. The number of nitrogen functional groups attached to an aromatic ring is 1. The minimum atomic E-state index is -0.283. The molecule has 1 aromatic carbocycles. The minimum absolute atomic E-state index is 0.111. The molecule has 0 saturated carbocycles. The lowest BCUT2D eigenvalue weighted by Crippen LogP contribution is -2.14. The highest BCUT2D eigenvalue weighted by Crippen LogP contribution is 2.13. The van der Waals surface area contributed by atoms with Gasteiger partial charge in [0.25, 0.3) is 5.56 Å². The van der Waals surface area contributed by atoms with Crippen molar-refractivity contribution in [3.8, 4) is 0 Å². The van der Waals surface area contributed by atoms with Crippen molar-refractivity contribution in [2.75, 3.05) is 11.1 Å². The Labute approximate surface area is 92.3 Å². The highest BCUT2D eigenvalue weighted by atomic mass is 16.1. The number of nitrogens with zero attached hydrogens (tertiary/aromatic N) is 1. The molecule has 0 unspecified atom stereocenters. The molecule has 5 heteroatoms. The molecule has 0 spiro atoms. The monoisotopic (exact) mass is 216 g/mol. The van der Waals surface area contributed by atoms with Gasteiger partial charge in [0.2, 0.25) is 0 Å². The Hall–Kier alpha value is -2.30. The van der Waals surface area contributed by atoms with Crippen molar-refractivity contribution in [1.82, 2.24) is 9.97 Å². The van der Waals surface area contributed by atoms with Crippen LogP contribution < -0.4 is 16.6 Å². The fraction of sp³-hybridized carbons (Fsp3) is 0.0909. The predicted octanol–water partition coefficient (Wildman–Crippen LogP) is 1.40. The van der Waals surface area contributed by atoms with Gasteiger partial charge >= 0.3 is 0 Å². The zero-order valence-electron chi connectivity index (χ0n) is 8.82. The van der Waals surface area contributed by atoms with Crippen LogP contribution in [0.1, 0.15) is 5.56 Å². The fourth-order valence-corrected chi connectivity index (χ4v) is 1.38. The molecule has 0 bridgehead atoms. The lowest BCUT2D eigenvalue weighted by Gasteiger charge is -2.05. The summed E-state index contributed by atoms with van der Waals surface area (Å²) in [5.74, 6) is 0.111. The highest BCUT2D eigenvalue weighted by Gasteiger charge is 2.01. The number of anilines is 3. The summed E-state index contributed by atoms with van der Waals surface area (Å²) in [6.45, 7) is 1.98. The molecule has 1 aromatic heterocycles. The Bertz CT molecular complexity index is 562. The van der Waals surface area contributed by atoms with Crippen LogP contribution in [0, 0.1) is 6.92 Å². The van der Waals surface area contributed by atoms with Crippen LogP contribution in [0.15, 0.2) is 35.3 Å². The van der Waals surface area contributed by atoms with Crippen LogP contribution in [0.25, 0.3) is 0 Å². The van der Waals surface area contributed by atoms with Crippen LogP contribution in [-0.4, -0.2) is 9.97 Å². The molecular formula is C11H12N4O. The van der Waals surface area contributed by atoms with E-state index in [2.05, 4.69) is 15.3 Å². The maximum Gasteiger partial charge on any atom is 0.275 e. The van der Waals surface area contributed by atoms with Gasteiger partial charge in [0.15, 0.2) is 5.95 Å². The average molecular weight is 216 g/mol. The number of aromatic nitrogens is 2. The highest BCUT2D eigenvalue weighted by molar-refractivity contribution is 5.58. The number of H-pyrrole nitrogens is 1. The lowest BCUT2D eigenvalue weighted by atomic mass is 10.2. The van der Waals surface area contributed by atoms with E-state index in [4.69, 9.17) is 5.73 Å². The smallest absolute Gasteiger partial charge is 0.275 e. The minimum Gasteiger partial charge on any atom is -0.369 e. The number of nitrogens with one attached hydrogen (secondary N) is 2. The number of hydrogen-bond acceptors (Lipinski definition) is 4. The molecule has 0 atom stereocenters. The molecule has 0 fully saturated rings. The first-order chi connectivity index (χ1) is 7.65. The van der Waals surface area contributed by atoms with Crippen LogP contribution in [0.2, 0.25) is 0 Å². The van der Waals surface area contributed by atoms with Gasteiger partial charge in [-0.2, -0.15) is 0 Å². The summed E-state index contributed by atoms with van der Waals surface area (Å²) in [6.07, 6.45) is 1.41. The van der Waals surface area contributed by atoms with E-state index in [0.29, 0.717) is 5.69 Å². The van der Waals surface area contributed by atoms with Crippen molar-refractivity contribution in [1.29, 1.82) is 0 Å². The third-order valence-corrected chi connectivity index (χ3v) is 2.12. The maximum atomic E-state index is 11.5. The predicted molar refractivity (Wildman–Crippen MR) is 63.7 cm³/mol. The van der Waals surface area contributed by atoms with Crippen molar-refractivity contribution in [2.24, 2.45) is 0 Å². The molecule has 4 N–H and O–H groups in total. The summed E-state index contributed by atoms with van der Waals surface area (Å²) in [6, 6.07) is 7.71. The number of nitrogens with two attached hydrogens (primary N) is 1. The van der Waals surface area contributed by atoms with Crippen LogP contribution in [0.3, 0.4) is 0 Å². The molecule has 0 aliphatic rings. The zero-order valence-corrected chi connectivity index (χ0v) is 8.82. The van der Waals surface area contributed by atoms with Gasteiger partial charge in [0.05, 0.1) is 6.20 Å². The molecule has 0 saturated heterocycles. The Kier molecular flexibility index (Phi) is 2.59. The molecule has 0 radical (unpaired) electrons. The first-order valence-electron chi connectivity index (χ1n) is 4.83. The molecule has 0 aliphatic carbocycles. The standard InChI is InChI=1S/C11H12N4O/c1-7-3-2-4-8(5-7)14-9-6-13-11(12)15-10(9)16/h2-6,14H,1H3,(H3,12,13,15,16). The van der Waals surface area contributed by atoms with Crippen LogP contribution >= 0.6 is 0 Å². The van der Waals surface area contributed by atoms with Gasteiger partial charge in [-0.05, 0) is 24.6 Å². The molecule has 2 rings (SSSR count). The van der Waals surface area contributed by atoms with E-state index >= 15 is 0 Å². The second-order valence-electron chi connectivity index (χ2n) is 3.51. The van der Waals surface area contributed by atoms with E-state index in [9.17, 15) is 4.79 Å². The SMILES string of the molecule is Cc1cccc(Nc2cnc(N)[nH]c2=O)c1. The van der Waals surface area contributed by atoms with Gasteiger partial charge in [-0.15, -0.1) is 0 Å². The third-order valence-electron chi connectivity index (χ3n) is 2.12. The number of rotatable bonds is 2. The molecule has 2 aromatic rings. The molecular weight excluding hydrogens is 204 g/mol. The van der Waals surface area contributed by atoms with Gasteiger partial charge in [0.1, 0.15) is 5.69 Å². The summed E-state index contributed by atoms with van der Waals surface area (Å²) in [5.41, 5.74) is 7.40. The van der Waals surface area contributed by atoms with Crippen molar-refractivity contribution < 1.29 is 0 Å². The number of aromatic amines is 1. The Morgan fingerprint density at radius 3 is 2.94 bits per heavy atom. The number of hydrogen-bond donors (Lipinski definition) is 3. The van der Waals surface area contributed by atoms with Crippen LogP contribution in [-0.2, 0) is 0 Å². The van der Waals surface area contributed by atoms with Crippen LogP contribution in [0.4, 0.5) is 17.3 Å². The molecule has 0 amide bonds. The molecule has 5 nitrogen and oxygen atoms in total. The first kappa shape index (κ1) is 10.2. The van der Waals surface area contributed by atoms with Gasteiger partial charge in [-0.25, -0.2) is 4.98 Å². The van der Waals surface area contributed by atoms with Crippen molar-refractivity contribution >= 4 is 17.3 Å². The van der Waals surface area contributed by atoms with E-state index in [0.717, 1.165) is 11.3 Å². The van der Waals surface area contributed by atoms with Crippen molar-refractivity contribution in [3.63, 3.8) is 0 Å². The van der Waals surface area contributed by atoms with Gasteiger partial charge in [-0.3, -0.25) is 9.78 Å². The largest absolute Gasteiger partial charge is 0.369 e. The Morgan fingerprint density at radius 2 is 2.25 bits per heavy atom. The second-order valence-corrected chi connectivity index (χ2v) is 3.51. The van der Waals surface area contributed by atoms with Crippen LogP contribution in [0.5, 0.6) is 0 Å². The van der Waals surface area contributed by atoms with Gasteiger partial charge < -0.3 is 11.1 Å². The quantitative estimate of drug-likeness (QED) is 0.708. The van der Waals surface area contributed by atoms with Gasteiger partial charge in [-0.1, -0.05) is 12.1 Å². The Morgan fingerprint density at radius 1 is 1.44 bits per heavy atom. The summed E-state index contributed by atoms with van der Waals surface area (Å²) >= 11 is 0. The lowest BCUT2D eigenvalue weighted by molar-refractivity contribution is 1.14. The van der Waals surface area contributed by atoms with E-state index < -0.39 is 0 Å². The number of benzene rings is 1. The van der Waals surface area contributed by atoms with Crippen molar-refractivity contribution in [2.45, 2.75) is 6.92 Å². The van der Waals surface area contributed by atoms with E-state index in [1.54, 1.807) is 0 Å². The summed E-state index contributed by atoms with van der Waals surface area (Å²) in [4.78, 5) is 17.7. The average Bonchev–Trinajstić information content (AvgIpc) is 2.22. The van der Waals surface area contributed by atoms with E-state index in [-0.39, 0.29) is 11.5 Å². The molecule has 82 valence electrons. The zero-order chi connectivity index (χ0) is 11.5. The fourth-order valence-electron chi connectivity index (χ4n) is 1.38.